The van der Waals surface area contributed by atoms with Crippen LogP contribution in [0.25, 0.3) is 10.8 Å². The first-order valence-corrected chi connectivity index (χ1v) is 6.52. The van der Waals surface area contributed by atoms with E-state index in [1.165, 1.54) is 0 Å². The Labute approximate surface area is 118 Å². The summed E-state index contributed by atoms with van der Waals surface area (Å²) < 4.78 is 5.33. The van der Waals surface area contributed by atoms with E-state index in [0.717, 1.165) is 16.3 Å². The molecule has 1 N–H and O–H groups in total. The molecular formula is C16H18N2O2. The van der Waals surface area contributed by atoms with Crippen LogP contribution in [-0.4, -0.2) is 30.6 Å². The smallest absolute Gasteiger partial charge is 0.270 e. The summed E-state index contributed by atoms with van der Waals surface area (Å²) >= 11 is 0. The highest BCUT2D eigenvalue weighted by Gasteiger charge is 2.10. The van der Waals surface area contributed by atoms with E-state index in [0.29, 0.717) is 25.5 Å². The Hall–Kier alpha value is -2.20. The van der Waals surface area contributed by atoms with E-state index in [-0.39, 0.29) is 5.91 Å². The Balaban J connectivity index is 1.96. The first kappa shape index (κ1) is 14.2. The quantitative estimate of drug-likeness (QED) is 0.648. The van der Waals surface area contributed by atoms with E-state index < -0.39 is 0 Å². The van der Waals surface area contributed by atoms with E-state index in [1.807, 2.05) is 37.3 Å². The number of nitrogens with zero attached hydrogens (tertiary/aromatic N) is 1. The van der Waals surface area contributed by atoms with E-state index in [9.17, 15) is 4.79 Å². The van der Waals surface area contributed by atoms with Gasteiger partial charge in [0.05, 0.1) is 13.2 Å². The average Bonchev–Trinajstić information content (AvgIpc) is 2.45. The number of pyridine rings is 1. The zero-order chi connectivity index (χ0) is 14.4. The lowest BCUT2D eigenvalue weighted by atomic mass is 10.1. The minimum Gasteiger partial charge on any atom is -0.375 e. The maximum absolute atomic E-state index is 12.1. The predicted octanol–water partition coefficient (Wildman–Crippen LogP) is 2.56. The van der Waals surface area contributed by atoms with Gasteiger partial charge in [0.15, 0.2) is 0 Å². The van der Waals surface area contributed by atoms with Crippen LogP contribution >= 0.6 is 0 Å². The number of fused-ring (bicyclic) bond motifs is 1. The van der Waals surface area contributed by atoms with E-state index in [4.69, 9.17) is 4.74 Å². The fourth-order valence-corrected chi connectivity index (χ4v) is 1.87. The van der Waals surface area contributed by atoms with E-state index >= 15 is 0 Å². The van der Waals surface area contributed by atoms with Gasteiger partial charge in [-0.25, -0.2) is 0 Å². The molecule has 2 rings (SSSR count). The van der Waals surface area contributed by atoms with Crippen LogP contribution in [0.4, 0.5) is 0 Å². The Kier molecular flexibility index (Phi) is 4.85. The molecule has 0 aliphatic heterocycles. The summed E-state index contributed by atoms with van der Waals surface area (Å²) in [6.45, 7) is 7.08. The van der Waals surface area contributed by atoms with E-state index in [1.54, 1.807) is 6.20 Å². The van der Waals surface area contributed by atoms with Crippen molar-refractivity contribution in [2.45, 2.75) is 6.92 Å². The number of carbonyl (C=O) groups is 1. The normalized spacial score (nSPS) is 10.4. The van der Waals surface area contributed by atoms with Gasteiger partial charge < -0.3 is 10.1 Å². The van der Waals surface area contributed by atoms with Crippen molar-refractivity contribution in [2.75, 3.05) is 19.8 Å². The number of amides is 1. The summed E-state index contributed by atoms with van der Waals surface area (Å²) in [4.78, 5) is 16.3. The molecule has 1 aromatic carbocycles. The molecule has 0 fully saturated rings. The second-order valence-corrected chi connectivity index (χ2v) is 4.65. The molecule has 0 saturated carbocycles. The minimum atomic E-state index is -0.180. The van der Waals surface area contributed by atoms with Crippen LogP contribution in [0.2, 0.25) is 0 Å². The molecule has 1 heterocycles. The Bertz CT molecular complexity index is 617. The van der Waals surface area contributed by atoms with Gasteiger partial charge in [-0.05, 0) is 18.4 Å². The lowest BCUT2D eigenvalue weighted by Crippen LogP contribution is -2.28. The van der Waals surface area contributed by atoms with Crippen molar-refractivity contribution in [3.63, 3.8) is 0 Å². The molecule has 0 saturated heterocycles. The molecule has 0 radical (unpaired) electrons. The highest BCUT2D eigenvalue weighted by molar-refractivity contribution is 6.05. The fraction of sp³-hybridized carbons (Fsp3) is 0.250. The summed E-state index contributed by atoms with van der Waals surface area (Å²) in [5, 5.41) is 4.67. The molecule has 2 aromatic rings. The molecule has 0 unspecified atom stereocenters. The van der Waals surface area contributed by atoms with Crippen LogP contribution in [0.15, 0.2) is 48.7 Å². The first-order chi connectivity index (χ1) is 9.68. The number of aromatic nitrogens is 1. The van der Waals surface area contributed by atoms with Gasteiger partial charge in [0.1, 0.15) is 5.69 Å². The van der Waals surface area contributed by atoms with Crippen LogP contribution in [0, 0.1) is 0 Å². The number of ether oxygens (including phenoxy) is 1. The molecule has 1 amide bonds. The lowest BCUT2D eigenvalue weighted by molar-refractivity contribution is 0.0923. The van der Waals surface area contributed by atoms with Gasteiger partial charge in [-0.15, -0.1) is 0 Å². The van der Waals surface area contributed by atoms with Gasteiger partial charge in [-0.3, -0.25) is 9.78 Å². The number of hydrogen-bond donors (Lipinski definition) is 1. The molecule has 20 heavy (non-hydrogen) atoms. The van der Waals surface area contributed by atoms with Gasteiger partial charge in [-0.2, -0.15) is 0 Å². The second kappa shape index (κ2) is 6.82. The second-order valence-electron chi connectivity index (χ2n) is 4.65. The number of nitrogens with one attached hydrogen (secondary N) is 1. The van der Waals surface area contributed by atoms with E-state index in [2.05, 4.69) is 16.9 Å². The number of hydrogen-bond acceptors (Lipinski definition) is 3. The third-order valence-corrected chi connectivity index (χ3v) is 2.77. The van der Waals surface area contributed by atoms with Crippen molar-refractivity contribution in [2.24, 2.45) is 0 Å². The number of carbonyl (C=O) groups excluding carboxylic acids is 1. The highest BCUT2D eigenvalue weighted by Crippen LogP contribution is 2.15. The zero-order valence-electron chi connectivity index (χ0n) is 11.6. The summed E-state index contributed by atoms with van der Waals surface area (Å²) in [6, 6.07) is 9.59. The van der Waals surface area contributed by atoms with Crippen molar-refractivity contribution in [3.05, 3.63) is 54.4 Å². The van der Waals surface area contributed by atoms with Crippen molar-refractivity contribution < 1.29 is 9.53 Å². The molecule has 104 valence electrons. The zero-order valence-corrected chi connectivity index (χ0v) is 11.6. The highest BCUT2D eigenvalue weighted by atomic mass is 16.5. The monoisotopic (exact) mass is 270 g/mol. The largest absolute Gasteiger partial charge is 0.375 e. The minimum absolute atomic E-state index is 0.180. The molecule has 0 aliphatic carbocycles. The topological polar surface area (TPSA) is 51.2 Å². The van der Waals surface area contributed by atoms with Crippen LogP contribution in [0.1, 0.15) is 17.4 Å². The third-order valence-electron chi connectivity index (χ3n) is 2.77. The van der Waals surface area contributed by atoms with Crippen molar-refractivity contribution in [1.29, 1.82) is 0 Å². The Morgan fingerprint density at radius 3 is 2.95 bits per heavy atom. The van der Waals surface area contributed by atoms with Gasteiger partial charge in [0, 0.05) is 18.1 Å². The fourth-order valence-electron chi connectivity index (χ4n) is 1.87. The van der Waals surface area contributed by atoms with Crippen molar-refractivity contribution >= 4 is 16.7 Å². The van der Waals surface area contributed by atoms with Gasteiger partial charge in [-0.1, -0.05) is 36.4 Å². The molecule has 4 heteroatoms. The van der Waals surface area contributed by atoms with Crippen LogP contribution in [-0.2, 0) is 4.74 Å². The van der Waals surface area contributed by atoms with Crippen molar-refractivity contribution in [1.82, 2.24) is 10.3 Å². The SMILES string of the molecule is C=C(C)COCCNC(=O)c1nccc2ccccc12. The Morgan fingerprint density at radius 2 is 2.15 bits per heavy atom. The third kappa shape index (κ3) is 3.65. The van der Waals surface area contributed by atoms with Crippen LogP contribution in [0.5, 0.6) is 0 Å². The number of benzene rings is 1. The Morgan fingerprint density at radius 1 is 1.35 bits per heavy atom. The van der Waals surface area contributed by atoms with Crippen LogP contribution in [0.3, 0.4) is 0 Å². The van der Waals surface area contributed by atoms with Gasteiger partial charge >= 0.3 is 0 Å². The molecule has 1 aromatic heterocycles. The van der Waals surface area contributed by atoms with Gasteiger partial charge in [0.2, 0.25) is 0 Å². The van der Waals surface area contributed by atoms with Crippen LogP contribution < -0.4 is 5.32 Å². The summed E-state index contributed by atoms with van der Waals surface area (Å²) in [5.41, 5.74) is 1.41. The molecule has 0 atom stereocenters. The molecule has 4 nitrogen and oxygen atoms in total. The standard InChI is InChI=1S/C16H18N2O2/c1-12(2)11-20-10-9-18-16(19)15-14-6-4-3-5-13(14)7-8-17-15/h3-8H,1,9-11H2,2H3,(H,18,19). The summed E-state index contributed by atoms with van der Waals surface area (Å²) in [6.07, 6.45) is 1.65. The summed E-state index contributed by atoms with van der Waals surface area (Å²) in [7, 11) is 0. The molecular weight excluding hydrogens is 252 g/mol. The maximum Gasteiger partial charge on any atom is 0.270 e. The predicted molar refractivity (Wildman–Crippen MR) is 79.7 cm³/mol. The first-order valence-electron chi connectivity index (χ1n) is 6.52. The summed E-state index contributed by atoms with van der Waals surface area (Å²) in [5.74, 6) is -0.180. The molecule has 0 aliphatic rings. The maximum atomic E-state index is 12.1. The van der Waals surface area contributed by atoms with Gasteiger partial charge in [0.25, 0.3) is 5.91 Å². The molecule has 0 bridgehead atoms. The van der Waals surface area contributed by atoms with Crippen molar-refractivity contribution in [3.8, 4) is 0 Å². The lowest BCUT2D eigenvalue weighted by Gasteiger charge is -2.07. The average molecular weight is 270 g/mol. The molecule has 0 spiro atoms. The number of rotatable bonds is 6.